The Bertz CT molecular complexity index is 1890. The molecule has 6 nitrogen and oxygen atoms in total. The summed E-state index contributed by atoms with van der Waals surface area (Å²) in [7, 11) is 0. The minimum absolute atomic E-state index is 0.0919. The molecule has 83 heavy (non-hydrogen) atoms. The average molecular weight is 1140 g/mol. The zero-order valence-electron chi connectivity index (χ0n) is 53.4. The molecule has 0 aromatic rings. The van der Waals surface area contributed by atoms with E-state index in [9.17, 15) is 14.4 Å². The molecule has 1 unspecified atom stereocenters. The van der Waals surface area contributed by atoms with Gasteiger partial charge in [-0.15, -0.1) is 0 Å². The molecule has 0 radical (unpaired) electrons. The first kappa shape index (κ1) is 77.8. The van der Waals surface area contributed by atoms with Crippen LogP contribution in [0.5, 0.6) is 0 Å². The fraction of sp³-hybridized carbons (Fsp3) is 0.597. The highest BCUT2D eigenvalue weighted by molar-refractivity contribution is 5.71. The van der Waals surface area contributed by atoms with Gasteiger partial charge in [0, 0.05) is 19.3 Å². The van der Waals surface area contributed by atoms with Crippen molar-refractivity contribution in [2.75, 3.05) is 13.2 Å². The van der Waals surface area contributed by atoms with Gasteiger partial charge in [0.25, 0.3) is 0 Å². The lowest BCUT2D eigenvalue weighted by molar-refractivity contribution is -0.167. The Hall–Kier alpha value is -5.23. The number of hydrogen-bond donors (Lipinski definition) is 0. The summed E-state index contributed by atoms with van der Waals surface area (Å²) in [6.07, 6.45) is 102. The fourth-order valence-electron chi connectivity index (χ4n) is 8.76. The van der Waals surface area contributed by atoms with Crippen molar-refractivity contribution in [2.24, 2.45) is 0 Å². The Morgan fingerprint density at radius 2 is 0.470 bits per heavy atom. The van der Waals surface area contributed by atoms with Crippen molar-refractivity contribution in [2.45, 2.75) is 284 Å². The third-order valence-corrected chi connectivity index (χ3v) is 13.7. The Labute approximate surface area is 511 Å². The van der Waals surface area contributed by atoms with Gasteiger partial charge in [-0.2, -0.15) is 0 Å². The van der Waals surface area contributed by atoms with Crippen LogP contribution in [-0.2, 0) is 28.6 Å². The predicted molar refractivity (Wildman–Crippen MR) is 361 cm³/mol. The van der Waals surface area contributed by atoms with Crippen LogP contribution in [0.4, 0.5) is 0 Å². The number of rotatable bonds is 59. The molecular formula is C77H122O6. The van der Waals surface area contributed by atoms with Crippen LogP contribution in [0.1, 0.15) is 278 Å². The SMILES string of the molecule is CC/C=C\C/C=C\C/C=C\C/C=C\C/C=C\C/C=C\C/C=C\CCCCCCCCCC(=O)OCC(COC(=O)CCCCCCCCC)OC(=O)CCCCCCCCC/C=C\C/C=C\C/C=C\C/C=C\C/C=C\C/C=C\C/C=C\CC. The molecule has 0 aliphatic rings. The van der Waals surface area contributed by atoms with Crippen LogP contribution in [0.25, 0.3) is 0 Å². The number of esters is 3. The molecule has 0 rings (SSSR count). The van der Waals surface area contributed by atoms with Crippen molar-refractivity contribution in [1.29, 1.82) is 0 Å². The Morgan fingerprint density at radius 3 is 0.735 bits per heavy atom. The van der Waals surface area contributed by atoms with Crippen LogP contribution in [-0.4, -0.2) is 37.2 Å². The number of ether oxygens (including phenoxy) is 3. The first-order valence-corrected chi connectivity index (χ1v) is 33.6. The van der Waals surface area contributed by atoms with E-state index in [-0.39, 0.29) is 31.1 Å². The molecule has 0 aliphatic heterocycles. The summed E-state index contributed by atoms with van der Waals surface area (Å²) in [6.45, 7) is 6.35. The molecule has 0 fully saturated rings. The Morgan fingerprint density at radius 1 is 0.253 bits per heavy atom. The van der Waals surface area contributed by atoms with Gasteiger partial charge in [-0.3, -0.25) is 14.4 Å². The molecule has 1 atom stereocenters. The molecule has 0 saturated heterocycles. The number of unbranched alkanes of at least 4 members (excludes halogenated alkanes) is 20. The number of hydrogen-bond acceptors (Lipinski definition) is 6. The highest BCUT2D eigenvalue weighted by Gasteiger charge is 2.19. The molecule has 466 valence electrons. The van der Waals surface area contributed by atoms with E-state index in [2.05, 4.69) is 191 Å². The maximum Gasteiger partial charge on any atom is 0.306 e. The van der Waals surface area contributed by atoms with Gasteiger partial charge in [0.1, 0.15) is 13.2 Å². The normalized spacial score (nSPS) is 13.2. The minimum atomic E-state index is -0.796. The maximum atomic E-state index is 12.9. The van der Waals surface area contributed by atoms with E-state index in [4.69, 9.17) is 14.2 Å². The molecule has 6 heteroatoms. The van der Waals surface area contributed by atoms with E-state index < -0.39 is 6.10 Å². The number of carbonyl (C=O) groups excluding carboxylic acids is 3. The van der Waals surface area contributed by atoms with E-state index in [1.54, 1.807) is 0 Å². The second-order valence-corrected chi connectivity index (χ2v) is 21.6. The Balaban J connectivity index is 4.23. The van der Waals surface area contributed by atoms with Crippen molar-refractivity contribution < 1.29 is 28.6 Å². The van der Waals surface area contributed by atoms with Crippen molar-refractivity contribution in [1.82, 2.24) is 0 Å². The standard InChI is InChI=1S/C77H122O6/c1-4-7-10-13-16-18-20-22-24-26-28-30-32-34-36-38-40-42-44-46-48-50-52-54-56-58-61-64-67-70-76(79)82-73-74(72-81-75(78)69-66-63-60-15-12-9-6-3)83-77(80)71-68-65-62-59-57-55-53-51-49-47-45-43-41-39-37-35-33-31-29-27-25-23-21-19-17-14-11-8-5-2/h7-8,10-11,16-19,22-25,28-31,34-37,40-43,46-49,74H,4-6,9,12-15,20-21,26-27,32-33,38-39,44-45,50-73H2,1-3H3/b10-7-,11-8-,18-16-,19-17-,24-22-,25-23-,30-28-,31-29-,36-34-,37-35-,42-40-,43-41-,48-46-,49-47-. The lowest BCUT2D eigenvalue weighted by atomic mass is 10.1. The quantitative estimate of drug-likeness (QED) is 0.0261. The summed E-state index contributed by atoms with van der Waals surface area (Å²) in [5.74, 6) is -0.925. The molecule has 0 aromatic heterocycles. The number of carbonyl (C=O) groups is 3. The van der Waals surface area contributed by atoms with Crippen LogP contribution in [0.15, 0.2) is 170 Å². The minimum Gasteiger partial charge on any atom is -0.462 e. The van der Waals surface area contributed by atoms with Gasteiger partial charge in [0.15, 0.2) is 6.10 Å². The maximum absolute atomic E-state index is 12.9. The third-order valence-electron chi connectivity index (χ3n) is 13.7. The second-order valence-electron chi connectivity index (χ2n) is 21.6. The summed E-state index contributed by atoms with van der Waals surface area (Å²) in [5, 5.41) is 0. The first-order chi connectivity index (χ1) is 41.0. The fourth-order valence-corrected chi connectivity index (χ4v) is 8.76. The van der Waals surface area contributed by atoms with Gasteiger partial charge in [-0.1, -0.05) is 294 Å². The predicted octanol–water partition coefficient (Wildman–Crippen LogP) is 23.4. The molecule has 0 heterocycles. The van der Waals surface area contributed by atoms with Gasteiger partial charge in [-0.25, -0.2) is 0 Å². The smallest absolute Gasteiger partial charge is 0.306 e. The topological polar surface area (TPSA) is 78.9 Å². The molecular weight excluding hydrogens is 1020 g/mol. The average Bonchev–Trinajstić information content (AvgIpc) is 3.49. The molecule has 0 spiro atoms. The van der Waals surface area contributed by atoms with Crippen LogP contribution < -0.4 is 0 Å². The van der Waals surface area contributed by atoms with Crippen molar-refractivity contribution in [3.8, 4) is 0 Å². The van der Waals surface area contributed by atoms with Crippen molar-refractivity contribution >= 4 is 17.9 Å². The van der Waals surface area contributed by atoms with E-state index in [0.717, 1.165) is 167 Å². The van der Waals surface area contributed by atoms with Gasteiger partial charge in [0.2, 0.25) is 0 Å². The van der Waals surface area contributed by atoms with Crippen molar-refractivity contribution in [3.63, 3.8) is 0 Å². The molecule has 0 aromatic carbocycles. The summed E-state index contributed by atoms with van der Waals surface area (Å²) >= 11 is 0. The van der Waals surface area contributed by atoms with Crippen LogP contribution >= 0.6 is 0 Å². The third kappa shape index (κ3) is 67.4. The summed E-state index contributed by atoms with van der Waals surface area (Å²) in [5.41, 5.74) is 0. The van der Waals surface area contributed by atoms with Crippen LogP contribution in [0, 0.1) is 0 Å². The van der Waals surface area contributed by atoms with Gasteiger partial charge < -0.3 is 14.2 Å². The zero-order valence-corrected chi connectivity index (χ0v) is 53.4. The van der Waals surface area contributed by atoms with Crippen molar-refractivity contribution in [3.05, 3.63) is 170 Å². The van der Waals surface area contributed by atoms with Crippen LogP contribution in [0.2, 0.25) is 0 Å². The van der Waals surface area contributed by atoms with E-state index in [1.165, 1.54) is 70.6 Å². The lowest BCUT2D eigenvalue weighted by Gasteiger charge is -2.18. The monoisotopic (exact) mass is 1140 g/mol. The highest BCUT2D eigenvalue weighted by Crippen LogP contribution is 2.15. The van der Waals surface area contributed by atoms with Crippen LogP contribution in [0.3, 0.4) is 0 Å². The van der Waals surface area contributed by atoms with E-state index >= 15 is 0 Å². The molecule has 0 amide bonds. The highest BCUT2D eigenvalue weighted by atomic mass is 16.6. The molecule has 0 bridgehead atoms. The summed E-state index contributed by atoms with van der Waals surface area (Å²) in [6, 6.07) is 0. The lowest BCUT2D eigenvalue weighted by Crippen LogP contribution is -2.30. The number of allylic oxidation sites excluding steroid dienone is 28. The summed E-state index contributed by atoms with van der Waals surface area (Å²) in [4.78, 5) is 38.2. The second kappa shape index (κ2) is 69.3. The Kier molecular flexibility index (Phi) is 64.9. The molecule has 0 saturated carbocycles. The first-order valence-electron chi connectivity index (χ1n) is 33.6. The zero-order chi connectivity index (χ0) is 59.9. The van der Waals surface area contributed by atoms with E-state index in [0.29, 0.717) is 19.3 Å². The van der Waals surface area contributed by atoms with E-state index in [1.807, 2.05) is 0 Å². The van der Waals surface area contributed by atoms with Gasteiger partial charge in [-0.05, 0) is 135 Å². The van der Waals surface area contributed by atoms with Gasteiger partial charge >= 0.3 is 17.9 Å². The van der Waals surface area contributed by atoms with Gasteiger partial charge in [0.05, 0.1) is 0 Å². The summed E-state index contributed by atoms with van der Waals surface area (Å²) < 4.78 is 16.8. The molecule has 0 aliphatic carbocycles. The largest absolute Gasteiger partial charge is 0.462 e. The molecule has 0 N–H and O–H groups in total.